The molecule has 100 valence electrons. The average molecular weight is 343 g/mol. The van der Waals surface area contributed by atoms with Crippen LogP contribution in [0, 0.1) is 10.1 Å². The smallest absolute Gasteiger partial charge is 0.273 e. The predicted octanol–water partition coefficient (Wildman–Crippen LogP) is 4.04. The number of nitro groups is 1. The van der Waals surface area contributed by atoms with E-state index >= 15 is 0 Å². The summed E-state index contributed by atoms with van der Waals surface area (Å²) in [5, 5.41) is 15.9. The van der Waals surface area contributed by atoms with Crippen LogP contribution in [0.5, 0.6) is 5.75 Å². The highest BCUT2D eigenvalue weighted by atomic mass is 79.9. The lowest BCUT2D eigenvalue weighted by Gasteiger charge is -2.10. The Labute approximate surface area is 122 Å². The van der Waals surface area contributed by atoms with E-state index in [0.717, 1.165) is 15.0 Å². The second kappa shape index (κ2) is 6.03. The van der Waals surface area contributed by atoms with Crippen LogP contribution < -0.4 is 10.1 Å². The molecule has 0 radical (unpaired) electrons. The van der Waals surface area contributed by atoms with Gasteiger partial charge in [0.2, 0.25) is 0 Å². The van der Waals surface area contributed by atoms with E-state index in [1.807, 2.05) is 11.4 Å². The molecule has 5 nitrogen and oxygen atoms in total. The Balaban J connectivity index is 2.13. The molecule has 0 bridgehead atoms. The van der Waals surface area contributed by atoms with Gasteiger partial charge in [-0.2, -0.15) is 0 Å². The molecule has 0 aliphatic rings. The standard InChI is InChI=1S/C12H11BrN2O3S/c1-18-11-5-9(15(16)17)2-3-10(11)14-6-8-4-12(13)19-7-8/h2-5,7,14H,6H2,1H3. The van der Waals surface area contributed by atoms with Crippen LogP contribution in [0.3, 0.4) is 0 Å². The monoisotopic (exact) mass is 342 g/mol. The summed E-state index contributed by atoms with van der Waals surface area (Å²) in [4.78, 5) is 10.2. The molecule has 0 saturated carbocycles. The van der Waals surface area contributed by atoms with Crippen LogP contribution in [0.1, 0.15) is 5.56 Å². The summed E-state index contributed by atoms with van der Waals surface area (Å²) in [6.45, 7) is 0.635. The minimum Gasteiger partial charge on any atom is -0.494 e. The number of rotatable bonds is 5. The van der Waals surface area contributed by atoms with Gasteiger partial charge in [-0.15, -0.1) is 11.3 Å². The van der Waals surface area contributed by atoms with Crippen molar-refractivity contribution in [1.82, 2.24) is 0 Å². The highest BCUT2D eigenvalue weighted by Gasteiger charge is 2.11. The summed E-state index contributed by atoms with van der Waals surface area (Å²) >= 11 is 5.02. The number of nitrogens with zero attached hydrogens (tertiary/aromatic N) is 1. The molecule has 0 unspecified atom stereocenters. The molecule has 1 heterocycles. The van der Waals surface area contributed by atoms with E-state index in [0.29, 0.717) is 12.3 Å². The second-order valence-corrected chi connectivity index (χ2v) is 6.04. The van der Waals surface area contributed by atoms with E-state index in [1.165, 1.54) is 19.2 Å². The Morgan fingerprint density at radius 2 is 2.26 bits per heavy atom. The van der Waals surface area contributed by atoms with E-state index in [9.17, 15) is 10.1 Å². The highest BCUT2D eigenvalue weighted by Crippen LogP contribution is 2.30. The van der Waals surface area contributed by atoms with Crippen molar-refractivity contribution >= 4 is 38.6 Å². The first-order valence-electron chi connectivity index (χ1n) is 5.39. The number of halogens is 1. The topological polar surface area (TPSA) is 64.4 Å². The Kier molecular flexibility index (Phi) is 4.39. The minimum atomic E-state index is -0.442. The maximum atomic E-state index is 10.7. The molecule has 0 aliphatic carbocycles. The van der Waals surface area contributed by atoms with Crippen molar-refractivity contribution in [1.29, 1.82) is 0 Å². The lowest BCUT2D eigenvalue weighted by molar-refractivity contribution is -0.384. The van der Waals surface area contributed by atoms with E-state index in [-0.39, 0.29) is 5.69 Å². The molecule has 0 aliphatic heterocycles. The van der Waals surface area contributed by atoms with Gasteiger partial charge in [0.25, 0.3) is 5.69 Å². The number of thiophene rings is 1. The third kappa shape index (κ3) is 3.45. The van der Waals surface area contributed by atoms with Crippen LogP contribution in [0.15, 0.2) is 33.4 Å². The normalized spacial score (nSPS) is 10.2. The summed E-state index contributed by atoms with van der Waals surface area (Å²) < 4.78 is 6.23. The van der Waals surface area contributed by atoms with Gasteiger partial charge in [-0.25, -0.2) is 0 Å². The zero-order chi connectivity index (χ0) is 13.8. The SMILES string of the molecule is COc1cc([N+](=O)[O-])ccc1NCc1csc(Br)c1. The lowest BCUT2D eigenvalue weighted by atomic mass is 10.2. The van der Waals surface area contributed by atoms with Crippen molar-refractivity contribution in [3.8, 4) is 5.75 Å². The summed E-state index contributed by atoms with van der Waals surface area (Å²) in [6.07, 6.45) is 0. The fourth-order valence-electron chi connectivity index (χ4n) is 1.58. The lowest BCUT2D eigenvalue weighted by Crippen LogP contribution is -2.01. The Bertz CT molecular complexity index is 600. The van der Waals surface area contributed by atoms with E-state index < -0.39 is 4.92 Å². The number of anilines is 1. The van der Waals surface area contributed by atoms with Crippen molar-refractivity contribution in [2.24, 2.45) is 0 Å². The first-order valence-corrected chi connectivity index (χ1v) is 7.06. The molecule has 2 rings (SSSR count). The van der Waals surface area contributed by atoms with E-state index in [1.54, 1.807) is 17.4 Å². The largest absolute Gasteiger partial charge is 0.494 e. The zero-order valence-corrected chi connectivity index (χ0v) is 12.5. The third-order valence-electron chi connectivity index (χ3n) is 2.50. The minimum absolute atomic E-state index is 0.0145. The Morgan fingerprint density at radius 1 is 1.47 bits per heavy atom. The molecular formula is C12H11BrN2O3S. The quantitative estimate of drug-likeness (QED) is 0.657. The van der Waals surface area contributed by atoms with Gasteiger partial charge >= 0.3 is 0 Å². The molecule has 0 saturated heterocycles. The van der Waals surface area contributed by atoms with Crippen LogP contribution in [0.4, 0.5) is 11.4 Å². The van der Waals surface area contributed by atoms with Crippen LogP contribution in [-0.4, -0.2) is 12.0 Å². The maximum absolute atomic E-state index is 10.7. The van der Waals surface area contributed by atoms with Gasteiger partial charge in [-0.3, -0.25) is 10.1 Å². The number of non-ortho nitro benzene ring substituents is 1. The fourth-order valence-corrected chi connectivity index (χ4v) is 2.78. The number of methoxy groups -OCH3 is 1. The predicted molar refractivity (Wildman–Crippen MR) is 79.0 cm³/mol. The second-order valence-electron chi connectivity index (χ2n) is 3.75. The summed E-state index contributed by atoms with van der Waals surface area (Å²) in [5.41, 5.74) is 1.88. The van der Waals surface area contributed by atoms with Crippen LogP contribution in [0.2, 0.25) is 0 Å². The summed E-state index contributed by atoms with van der Waals surface area (Å²) in [6, 6.07) is 6.54. The van der Waals surface area contributed by atoms with Crippen molar-refractivity contribution in [2.75, 3.05) is 12.4 Å². The fraction of sp³-hybridized carbons (Fsp3) is 0.167. The van der Waals surface area contributed by atoms with Crippen molar-refractivity contribution < 1.29 is 9.66 Å². The summed E-state index contributed by atoms with van der Waals surface area (Å²) in [7, 11) is 1.49. The van der Waals surface area contributed by atoms with Gasteiger partial charge in [0.05, 0.1) is 27.6 Å². The molecule has 2 aromatic rings. The Hall–Kier alpha value is -1.60. The number of benzene rings is 1. The molecule has 0 amide bonds. The number of nitro benzene ring substituents is 1. The molecule has 19 heavy (non-hydrogen) atoms. The Morgan fingerprint density at radius 3 is 2.84 bits per heavy atom. The molecular weight excluding hydrogens is 332 g/mol. The molecule has 0 atom stereocenters. The average Bonchev–Trinajstić information content (AvgIpc) is 2.81. The van der Waals surface area contributed by atoms with Crippen LogP contribution in [-0.2, 0) is 6.54 Å². The molecule has 1 N–H and O–H groups in total. The first kappa shape index (κ1) is 13.8. The molecule has 0 fully saturated rings. The van der Waals surface area contributed by atoms with Gasteiger partial charge < -0.3 is 10.1 Å². The maximum Gasteiger partial charge on any atom is 0.273 e. The van der Waals surface area contributed by atoms with Crippen molar-refractivity contribution in [2.45, 2.75) is 6.54 Å². The van der Waals surface area contributed by atoms with Gasteiger partial charge in [0.1, 0.15) is 5.75 Å². The number of nitrogens with one attached hydrogen (secondary N) is 1. The molecule has 0 spiro atoms. The molecule has 1 aromatic carbocycles. The van der Waals surface area contributed by atoms with Crippen molar-refractivity contribution in [3.63, 3.8) is 0 Å². The first-order chi connectivity index (χ1) is 9.10. The summed E-state index contributed by atoms with van der Waals surface area (Å²) in [5.74, 6) is 0.462. The highest BCUT2D eigenvalue weighted by molar-refractivity contribution is 9.11. The van der Waals surface area contributed by atoms with Gasteiger partial charge in [-0.1, -0.05) is 0 Å². The third-order valence-corrected chi connectivity index (χ3v) is 4.05. The molecule has 7 heteroatoms. The van der Waals surface area contributed by atoms with Gasteiger partial charge in [0.15, 0.2) is 0 Å². The van der Waals surface area contributed by atoms with Crippen LogP contribution in [0.25, 0.3) is 0 Å². The molecule has 1 aromatic heterocycles. The number of ether oxygens (including phenoxy) is 1. The van der Waals surface area contributed by atoms with Gasteiger partial charge in [-0.05, 0) is 39.0 Å². The van der Waals surface area contributed by atoms with E-state index in [4.69, 9.17) is 4.74 Å². The number of hydrogen-bond acceptors (Lipinski definition) is 5. The zero-order valence-electron chi connectivity index (χ0n) is 10.1. The van der Waals surface area contributed by atoms with Crippen molar-refractivity contribution in [3.05, 3.63) is 49.1 Å². The van der Waals surface area contributed by atoms with E-state index in [2.05, 4.69) is 21.2 Å². The van der Waals surface area contributed by atoms with Gasteiger partial charge in [0, 0.05) is 12.6 Å². The number of hydrogen-bond donors (Lipinski definition) is 1. The van der Waals surface area contributed by atoms with Crippen LogP contribution >= 0.6 is 27.3 Å².